The summed E-state index contributed by atoms with van der Waals surface area (Å²) < 4.78 is 26.3. The van der Waals surface area contributed by atoms with Gasteiger partial charge in [0.1, 0.15) is 4.90 Å². The Morgan fingerprint density at radius 1 is 1.50 bits per heavy atom. The van der Waals surface area contributed by atoms with Crippen LogP contribution in [0.2, 0.25) is 5.02 Å². The fraction of sp³-hybridized carbons (Fsp3) is 0.545. The van der Waals surface area contributed by atoms with Gasteiger partial charge >= 0.3 is 0 Å². The van der Waals surface area contributed by atoms with E-state index in [0.29, 0.717) is 13.1 Å². The molecule has 2 rings (SSSR count). The summed E-state index contributed by atoms with van der Waals surface area (Å²) in [7, 11) is 0.389. The van der Waals surface area contributed by atoms with Crippen LogP contribution in [0.25, 0.3) is 0 Å². The van der Waals surface area contributed by atoms with E-state index < -0.39 is 10.0 Å². The van der Waals surface area contributed by atoms with Gasteiger partial charge in [0.05, 0.1) is 5.02 Å². The molecule has 18 heavy (non-hydrogen) atoms. The van der Waals surface area contributed by atoms with Crippen molar-refractivity contribution in [2.75, 3.05) is 27.2 Å². The van der Waals surface area contributed by atoms with E-state index in [1.54, 1.807) is 0 Å². The number of halogens is 1. The Labute approximate surface area is 112 Å². The van der Waals surface area contributed by atoms with Crippen molar-refractivity contribution in [1.29, 1.82) is 0 Å². The number of likely N-dealkylation sites (N-methyl/N-ethyl adjacent to an activating group) is 1. The van der Waals surface area contributed by atoms with Gasteiger partial charge in [-0.3, -0.25) is 4.98 Å². The first kappa shape index (κ1) is 13.7. The van der Waals surface area contributed by atoms with E-state index in [4.69, 9.17) is 11.6 Å². The summed E-state index contributed by atoms with van der Waals surface area (Å²) in [4.78, 5) is 5.97. The topological polar surface area (TPSA) is 53.5 Å². The lowest BCUT2D eigenvalue weighted by Gasteiger charge is -2.20. The van der Waals surface area contributed by atoms with E-state index in [2.05, 4.69) is 4.98 Å². The van der Waals surface area contributed by atoms with Crippen molar-refractivity contribution in [3.8, 4) is 0 Å². The van der Waals surface area contributed by atoms with E-state index >= 15 is 0 Å². The molecule has 0 N–H and O–H groups in total. The van der Waals surface area contributed by atoms with Gasteiger partial charge in [0.25, 0.3) is 0 Å². The molecule has 5 nitrogen and oxygen atoms in total. The number of sulfonamides is 1. The fourth-order valence-electron chi connectivity index (χ4n) is 2.04. The average Bonchev–Trinajstić information content (AvgIpc) is 2.79. The summed E-state index contributed by atoms with van der Waals surface area (Å²) in [5, 5.41) is 0.221. The van der Waals surface area contributed by atoms with Crippen molar-refractivity contribution in [3.05, 3.63) is 23.5 Å². The molecule has 100 valence electrons. The molecule has 2 heterocycles. The number of nitrogens with zero attached hydrogens (tertiary/aromatic N) is 3. The predicted molar refractivity (Wildman–Crippen MR) is 70.1 cm³/mol. The molecule has 7 heteroatoms. The third-order valence-corrected chi connectivity index (χ3v) is 5.54. The van der Waals surface area contributed by atoms with Crippen molar-refractivity contribution in [2.24, 2.45) is 0 Å². The Morgan fingerprint density at radius 2 is 2.22 bits per heavy atom. The summed E-state index contributed by atoms with van der Waals surface area (Å²) in [5.41, 5.74) is 0. The van der Waals surface area contributed by atoms with Crippen molar-refractivity contribution >= 4 is 21.6 Å². The zero-order chi connectivity index (χ0) is 13.3. The van der Waals surface area contributed by atoms with Crippen LogP contribution in [0.15, 0.2) is 23.4 Å². The summed E-state index contributed by atoms with van der Waals surface area (Å²) >= 11 is 5.93. The van der Waals surface area contributed by atoms with Gasteiger partial charge in [-0.05, 0) is 26.6 Å². The quantitative estimate of drug-likeness (QED) is 0.835. The molecule has 1 aromatic heterocycles. The van der Waals surface area contributed by atoms with Crippen LogP contribution in [-0.4, -0.2) is 55.8 Å². The summed E-state index contributed by atoms with van der Waals surface area (Å²) in [6.45, 7) is 1.02. The highest BCUT2D eigenvalue weighted by atomic mass is 35.5. The van der Waals surface area contributed by atoms with Gasteiger partial charge in [0, 0.05) is 31.5 Å². The second kappa shape index (κ2) is 5.13. The molecule has 0 radical (unpaired) electrons. The lowest BCUT2D eigenvalue weighted by atomic mass is 10.2. The van der Waals surface area contributed by atoms with E-state index in [1.807, 2.05) is 19.0 Å². The van der Waals surface area contributed by atoms with Crippen LogP contribution in [-0.2, 0) is 10.0 Å². The van der Waals surface area contributed by atoms with Gasteiger partial charge in [0.15, 0.2) is 0 Å². The van der Waals surface area contributed by atoms with Crippen LogP contribution in [0.1, 0.15) is 6.42 Å². The van der Waals surface area contributed by atoms with E-state index in [0.717, 1.165) is 6.42 Å². The molecule has 0 saturated carbocycles. The largest absolute Gasteiger partial charge is 0.305 e. The number of pyridine rings is 1. The van der Waals surface area contributed by atoms with Crippen LogP contribution in [0.4, 0.5) is 0 Å². The summed E-state index contributed by atoms with van der Waals surface area (Å²) in [6.07, 6.45) is 3.62. The normalized spacial score (nSPS) is 21.7. The molecule has 1 aromatic rings. The lowest BCUT2D eigenvalue weighted by molar-refractivity contribution is 0.302. The standard InChI is InChI=1S/C11H16ClN3O2S/c1-14(2)9-4-6-15(8-9)18(16,17)11-7-13-5-3-10(11)12/h3,5,7,9H,4,6,8H2,1-2H3. The number of aromatic nitrogens is 1. The highest BCUT2D eigenvalue weighted by Crippen LogP contribution is 2.26. The highest BCUT2D eigenvalue weighted by Gasteiger charge is 2.34. The first-order valence-corrected chi connectivity index (χ1v) is 7.51. The molecule has 1 atom stereocenters. The van der Waals surface area contributed by atoms with Gasteiger partial charge in [-0.1, -0.05) is 11.6 Å². The molecular weight excluding hydrogens is 274 g/mol. The van der Waals surface area contributed by atoms with Crippen LogP contribution in [0.5, 0.6) is 0 Å². The minimum Gasteiger partial charge on any atom is -0.305 e. The molecule has 1 unspecified atom stereocenters. The first-order valence-electron chi connectivity index (χ1n) is 5.69. The lowest BCUT2D eigenvalue weighted by Crippen LogP contribution is -2.34. The van der Waals surface area contributed by atoms with Crippen LogP contribution < -0.4 is 0 Å². The molecule has 0 aromatic carbocycles. The Morgan fingerprint density at radius 3 is 2.78 bits per heavy atom. The van der Waals surface area contributed by atoms with Crippen LogP contribution in [0.3, 0.4) is 0 Å². The third-order valence-electron chi connectivity index (χ3n) is 3.21. The van der Waals surface area contributed by atoms with Gasteiger partial charge in [-0.2, -0.15) is 4.31 Å². The summed E-state index contributed by atoms with van der Waals surface area (Å²) in [6, 6.07) is 1.75. The number of hydrogen-bond acceptors (Lipinski definition) is 4. The SMILES string of the molecule is CN(C)C1CCN(S(=O)(=O)c2cnccc2Cl)C1. The highest BCUT2D eigenvalue weighted by molar-refractivity contribution is 7.89. The molecule has 1 aliphatic heterocycles. The zero-order valence-corrected chi connectivity index (χ0v) is 11.9. The Hall–Kier alpha value is -0.690. The van der Waals surface area contributed by atoms with Crippen LogP contribution in [0, 0.1) is 0 Å². The van der Waals surface area contributed by atoms with Crippen molar-refractivity contribution in [2.45, 2.75) is 17.4 Å². The molecule has 1 saturated heterocycles. The Bertz CT molecular complexity index is 533. The van der Waals surface area contributed by atoms with E-state index in [9.17, 15) is 8.42 Å². The minimum absolute atomic E-state index is 0.0890. The van der Waals surface area contributed by atoms with Gasteiger partial charge < -0.3 is 4.90 Å². The maximum absolute atomic E-state index is 12.4. The van der Waals surface area contributed by atoms with Crippen molar-refractivity contribution < 1.29 is 8.42 Å². The number of hydrogen-bond donors (Lipinski definition) is 0. The molecular formula is C11H16ClN3O2S. The molecule has 1 aliphatic rings. The molecule has 1 fully saturated rings. The number of rotatable bonds is 3. The van der Waals surface area contributed by atoms with Crippen molar-refractivity contribution in [3.63, 3.8) is 0 Å². The second-order valence-electron chi connectivity index (χ2n) is 4.58. The molecule has 0 amide bonds. The molecule has 0 spiro atoms. The van der Waals surface area contributed by atoms with Gasteiger partial charge in [-0.25, -0.2) is 8.42 Å². The fourth-order valence-corrected chi connectivity index (χ4v) is 3.94. The minimum atomic E-state index is -3.52. The smallest absolute Gasteiger partial charge is 0.246 e. The van der Waals surface area contributed by atoms with Crippen LogP contribution >= 0.6 is 11.6 Å². The predicted octanol–water partition coefficient (Wildman–Crippen LogP) is 1.06. The Balaban J connectivity index is 2.26. The van der Waals surface area contributed by atoms with Gasteiger partial charge in [0.2, 0.25) is 10.0 Å². The first-order chi connectivity index (χ1) is 8.43. The van der Waals surface area contributed by atoms with E-state index in [-0.39, 0.29) is 16.0 Å². The maximum atomic E-state index is 12.4. The van der Waals surface area contributed by atoms with E-state index in [1.165, 1.54) is 22.8 Å². The second-order valence-corrected chi connectivity index (χ2v) is 6.89. The van der Waals surface area contributed by atoms with Gasteiger partial charge in [-0.15, -0.1) is 0 Å². The third kappa shape index (κ3) is 2.51. The summed E-state index contributed by atoms with van der Waals surface area (Å²) in [5.74, 6) is 0. The molecule has 0 bridgehead atoms. The molecule has 0 aliphatic carbocycles. The monoisotopic (exact) mass is 289 g/mol. The average molecular weight is 290 g/mol. The maximum Gasteiger partial charge on any atom is 0.246 e. The Kier molecular flexibility index (Phi) is 3.91. The zero-order valence-electron chi connectivity index (χ0n) is 10.4. The van der Waals surface area contributed by atoms with Crippen molar-refractivity contribution in [1.82, 2.24) is 14.2 Å².